The molecule has 3 atom stereocenters. The standard InChI is InChI=1S/C79H100N12O6/c1-46(2)55-25-34-67-64(40-55)61(49(7)83-67)43-73(92)89-70(16-10-13-37-80)77(95)86-58-28-19-52(20-29-58)76(53-21-30-59(31-22-53)87-78(96)71(17-11-14-38-81)90-74(93)44-62-50(8)84-68-35-26-56(47(3)4)41-65(62)68)54-23-32-60(33-24-54)88-79(97)72(18-12-15-39-82)91-75(94)45-63-51(9)85-69-36-27-57(48(5)6)42-66(63)69/h19-36,40-42,46-48,70-72,76,83-85H,10-18,37-39,43-45,80-82H2,1-9H3,(H,86,95)(H,87,96)(H,88,97)(H,89,92)(H,90,93)(H,91,94)/t70-,71-,72-/m1/s1. The molecule has 0 aliphatic carbocycles. The molecule has 0 saturated heterocycles. The van der Waals surface area contributed by atoms with Gasteiger partial charge in [-0.2, -0.15) is 0 Å². The molecule has 15 N–H and O–H groups in total. The van der Waals surface area contributed by atoms with Gasteiger partial charge in [-0.1, -0.05) is 96.1 Å². The molecule has 9 aromatic rings. The first kappa shape index (κ1) is 71.9. The number of aromatic nitrogens is 3. The monoisotopic (exact) mass is 1310 g/mol. The third-order valence-electron chi connectivity index (χ3n) is 18.8. The summed E-state index contributed by atoms with van der Waals surface area (Å²) in [6, 6.07) is 39.1. The lowest BCUT2D eigenvalue weighted by molar-refractivity contribution is -0.126. The summed E-state index contributed by atoms with van der Waals surface area (Å²) in [6.07, 6.45) is 5.49. The Kier molecular flexibility index (Phi) is 24.9. The molecule has 0 fully saturated rings. The highest BCUT2D eigenvalue weighted by molar-refractivity contribution is 6.01. The topological polar surface area (TPSA) is 300 Å². The highest BCUT2D eigenvalue weighted by Gasteiger charge is 2.28. The van der Waals surface area contributed by atoms with Crippen molar-refractivity contribution in [2.75, 3.05) is 35.6 Å². The Morgan fingerprint density at radius 1 is 0.351 bits per heavy atom. The van der Waals surface area contributed by atoms with Gasteiger partial charge in [-0.25, -0.2) is 0 Å². The summed E-state index contributed by atoms with van der Waals surface area (Å²) in [5.74, 6) is -1.28. The van der Waals surface area contributed by atoms with Gasteiger partial charge in [-0.15, -0.1) is 0 Å². The maximum atomic E-state index is 14.3. The molecule has 0 saturated carbocycles. The molecule has 6 aromatic carbocycles. The second-order valence-electron chi connectivity index (χ2n) is 27.1. The summed E-state index contributed by atoms with van der Waals surface area (Å²) >= 11 is 0. The van der Waals surface area contributed by atoms with Crippen LogP contribution >= 0.6 is 0 Å². The zero-order chi connectivity index (χ0) is 69.4. The Morgan fingerprint density at radius 2 is 0.598 bits per heavy atom. The lowest BCUT2D eigenvalue weighted by Crippen LogP contribution is -2.44. The van der Waals surface area contributed by atoms with Crippen molar-refractivity contribution >= 4 is 85.2 Å². The highest BCUT2D eigenvalue weighted by Crippen LogP contribution is 2.36. The number of aromatic amines is 3. The van der Waals surface area contributed by atoms with E-state index in [1.807, 2.05) is 93.6 Å². The number of hydrogen-bond donors (Lipinski definition) is 12. The van der Waals surface area contributed by atoms with E-state index >= 15 is 0 Å². The average molecular weight is 1310 g/mol. The van der Waals surface area contributed by atoms with Crippen LogP contribution in [0.4, 0.5) is 17.1 Å². The van der Waals surface area contributed by atoms with E-state index in [0.717, 1.165) is 83.2 Å². The van der Waals surface area contributed by atoms with Gasteiger partial charge >= 0.3 is 0 Å². The molecule has 3 aromatic heterocycles. The predicted molar refractivity (Wildman–Crippen MR) is 393 cm³/mol. The van der Waals surface area contributed by atoms with E-state index in [9.17, 15) is 28.8 Å². The van der Waals surface area contributed by atoms with Crippen LogP contribution in [0, 0.1) is 20.8 Å². The molecule has 0 radical (unpaired) electrons. The molecule has 9 rings (SSSR count). The van der Waals surface area contributed by atoms with Gasteiger partial charge in [-0.3, -0.25) is 28.8 Å². The van der Waals surface area contributed by atoms with Gasteiger partial charge in [-0.05, 0) is 239 Å². The molecule has 0 bridgehead atoms. The van der Waals surface area contributed by atoms with Gasteiger partial charge in [0.05, 0.1) is 19.3 Å². The number of benzene rings is 6. The van der Waals surface area contributed by atoms with Gasteiger partial charge in [0.15, 0.2) is 0 Å². The van der Waals surface area contributed by atoms with E-state index in [2.05, 4.69) is 143 Å². The van der Waals surface area contributed by atoms with Crippen molar-refractivity contribution in [3.63, 3.8) is 0 Å². The Balaban J connectivity index is 0.947. The second-order valence-corrected chi connectivity index (χ2v) is 27.1. The molecule has 0 aliphatic heterocycles. The minimum atomic E-state index is -0.822. The Labute approximate surface area is 570 Å². The number of H-pyrrole nitrogens is 3. The smallest absolute Gasteiger partial charge is 0.246 e. The van der Waals surface area contributed by atoms with Gasteiger partial charge in [0, 0.05) is 72.8 Å². The maximum absolute atomic E-state index is 14.3. The molecule has 0 aliphatic rings. The van der Waals surface area contributed by atoms with E-state index < -0.39 is 24.0 Å². The minimum absolute atomic E-state index is 0.102. The zero-order valence-corrected chi connectivity index (χ0v) is 58.0. The molecular formula is C79H100N12O6. The van der Waals surface area contributed by atoms with Crippen LogP contribution in [-0.4, -0.2) is 88.2 Å². The Hall–Kier alpha value is -9.36. The summed E-state index contributed by atoms with van der Waals surface area (Å²) in [4.78, 5) is 94.8. The first-order chi connectivity index (χ1) is 46.6. The fraction of sp³-hybridized carbons (Fsp3) is 0.392. The van der Waals surface area contributed by atoms with E-state index in [0.29, 0.717) is 112 Å². The minimum Gasteiger partial charge on any atom is -0.358 e. The largest absolute Gasteiger partial charge is 0.358 e. The number of anilines is 3. The third-order valence-corrected chi connectivity index (χ3v) is 18.8. The van der Waals surface area contributed by atoms with Crippen LogP contribution in [0.1, 0.15) is 190 Å². The quantitative estimate of drug-likeness (QED) is 0.0137. The second kappa shape index (κ2) is 33.5. The number of rotatable bonds is 33. The van der Waals surface area contributed by atoms with Crippen molar-refractivity contribution in [3.8, 4) is 0 Å². The predicted octanol–water partition coefficient (Wildman–Crippen LogP) is 13.0. The summed E-state index contributed by atoms with van der Waals surface area (Å²) in [5.41, 5.74) is 33.7. The molecule has 18 heteroatoms. The third kappa shape index (κ3) is 18.6. The van der Waals surface area contributed by atoms with Crippen molar-refractivity contribution in [2.45, 2.75) is 181 Å². The van der Waals surface area contributed by atoms with Crippen LogP contribution in [0.15, 0.2) is 127 Å². The molecule has 512 valence electrons. The first-order valence-corrected chi connectivity index (χ1v) is 34.7. The van der Waals surface area contributed by atoms with Crippen molar-refractivity contribution in [1.29, 1.82) is 0 Å². The molecule has 3 heterocycles. The molecule has 0 unspecified atom stereocenters. The zero-order valence-electron chi connectivity index (χ0n) is 58.0. The van der Waals surface area contributed by atoms with E-state index in [4.69, 9.17) is 17.2 Å². The Bertz CT molecular complexity index is 3770. The van der Waals surface area contributed by atoms with E-state index in [-0.39, 0.29) is 54.7 Å². The van der Waals surface area contributed by atoms with Crippen LogP contribution in [0.2, 0.25) is 0 Å². The number of amides is 6. The van der Waals surface area contributed by atoms with E-state index in [1.165, 1.54) is 16.7 Å². The number of carbonyl (C=O) groups is 6. The summed E-state index contributed by atoms with van der Waals surface area (Å²) in [5, 5.41) is 21.4. The number of hydrogen-bond acceptors (Lipinski definition) is 9. The van der Waals surface area contributed by atoms with Gasteiger partial charge in [0.25, 0.3) is 0 Å². The summed E-state index contributed by atoms with van der Waals surface area (Å²) in [6.45, 7) is 20.1. The Morgan fingerprint density at radius 3 is 0.835 bits per heavy atom. The van der Waals surface area contributed by atoms with Gasteiger partial charge in [0.1, 0.15) is 18.1 Å². The normalized spacial score (nSPS) is 12.6. The number of aryl methyl sites for hydroxylation is 3. The molecule has 6 amide bonds. The fourth-order valence-corrected chi connectivity index (χ4v) is 13.0. The van der Waals surface area contributed by atoms with Gasteiger partial charge in [0.2, 0.25) is 35.4 Å². The average Bonchev–Trinajstić information content (AvgIpc) is 1.75. The van der Waals surface area contributed by atoms with E-state index in [1.54, 1.807) is 0 Å². The van der Waals surface area contributed by atoms with Crippen molar-refractivity contribution in [2.24, 2.45) is 17.2 Å². The van der Waals surface area contributed by atoms with Crippen LogP contribution in [0.25, 0.3) is 32.7 Å². The first-order valence-electron chi connectivity index (χ1n) is 34.7. The molecule has 0 spiro atoms. The highest BCUT2D eigenvalue weighted by atomic mass is 16.2. The SMILES string of the molecule is Cc1[nH]c2ccc(C(C)C)cc2c1CC(=O)N[C@H](CCCCN)C(=O)Nc1ccc(C(c2ccc(NC(=O)[C@@H](CCCCN)NC(=O)Cc3c(C)[nH]c4ccc(C(C)C)cc34)cc2)c2ccc(NC(=O)[C@@H](CCCCN)NC(=O)Cc3c(C)[nH]c4ccc(C(C)C)cc34)cc2)cc1. The lowest BCUT2D eigenvalue weighted by Gasteiger charge is -2.22. The number of carbonyl (C=O) groups excluding carboxylic acids is 6. The number of nitrogens with one attached hydrogen (secondary N) is 9. The maximum Gasteiger partial charge on any atom is 0.246 e. The lowest BCUT2D eigenvalue weighted by atomic mass is 9.85. The van der Waals surface area contributed by atoms with Crippen LogP contribution in [0.3, 0.4) is 0 Å². The fourth-order valence-electron chi connectivity index (χ4n) is 13.0. The number of unbranched alkanes of at least 4 members (excludes halogenated alkanes) is 3. The molecular weight excluding hydrogens is 1210 g/mol. The number of fused-ring (bicyclic) bond motifs is 3. The van der Waals surface area contributed by atoms with Crippen LogP contribution in [-0.2, 0) is 48.0 Å². The van der Waals surface area contributed by atoms with Crippen LogP contribution < -0.4 is 49.1 Å². The molecule has 97 heavy (non-hydrogen) atoms. The van der Waals surface area contributed by atoms with Crippen LogP contribution in [0.5, 0.6) is 0 Å². The van der Waals surface area contributed by atoms with Crippen molar-refractivity contribution < 1.29 is 28.8 Å². The van der Waals surface area contributed by atoms with Crippen molar-refractivity contribution in [3.05, 3.63) is 195 Å². The van der Waals surface area contributed by atoms with Crippen molar-refractivity contribution in [1.82, 2.24) is 30.9 Å². The molecule has 18 nitrogen and oxygen atoms in total. The summed E-state index contributed by atoms with van der Waals surface area (Å²) in [7, 11) is 0. The van der Waals surface area contributed by atoms with Gasteiger partial charge < -0.3 is 64.1 Å². The summed E-state index contributed by atoms with van der Waals surface area (Å²) < 4.78 is 0. The number of nitrogens with two attached hydrogens (primary N) is 3.